The van der Waals surface area contributed by atoms with Gasteiger partial charge < -0.3 is 4.90 Å². The smallest absolute Gasteiger partial charge is 0.269 e. The molecule has 0 spiro atoms. The van der Waals surface area contributed by atoms with E-state index in [0.29, 0.717) is 5.92 Å². The van der Waals surface area contributed by atoms with Crippen molar-refractivity contribution in [2.45, 2.75) is 33.6 Å². The Hall–Kier alpha value is -1.88. The lowest BCUT2D eigenvalue weighted by Crippen LogP contribution is -2.47. The Morgan fingerprint density at radius 3 is 2.38 bits per heavy atom. The molecule has 0 radical (unpaired) electrons. The van der Waals surface area contributed by atoms with Crippen LogP contribution in [-0.4, -0.2) is 42.5 Å². The molecular formula is C19H29N3O2. The highest BCUT2D eigenvalue weighted by Crippen LogP contribution is 2.21. The van der Waals surface area contributed by atoms with Crippen LogP contribution in [0.15, 0.2) is 35.9 Å². The number of piperazine rings is 1. The van der Waals surface area contributed by atoms with Crippen molar-refractivity contribution in [2.75, 3.05) is 37.6 Å². The molecule has 5 nitrogen and oxygen atoms in total. The monoisotopic (exact) mass is 331 g/mol. The summed E-state index contributed by atoms with van der Waals surface area (Å²) in [5.74, 6) is 0.714. The molecule has 0 amide bonds. The first-order valence-corrected chi connectivity index (χ1v) is 8.81. The molecule has 1 fully saturated rings. The van der Waals surface area contributed by atoms with E-state index in [9.17, 15) is 10.1 Å². The minimum atomic E-state index is -0.349. The number of anilines is 1. The van der Waals surface area contributed by atoms with E-state index in [1.165, 1.54) is 18.4 Å². The van der Waals surface area contributed by atoms with Gasteiger partial charge in [-0.25, -0.2) is 0 Å². The molecule has 0 N–H and O–H groups in total. The normalized spacial score (nSPS) is 16.7. The Kier molecular flexibility index (Phi) is 6.79. The van der Waals surface area contributed by atoms with Crippen LogP contribution in [0.4, 0.5) is 11.4 Å². The summed E-state index contributed by atoms with van der Waals surface area (Å²) in [5.41, 5.74) is 2.64. The Labute approximate surface area is 145 Å². The summed E-state index contributed by atoms with van der Waals surface area (Å²) in [6.45, 7) is 11.9. The van der Waals surface area contributed by atoms with Gasteiger partial charge in [0.1, 0.15) is 0 Å². The Morgan fingerprint density at radius 2 is 1.83 bits per heavy atom. The summed E-state index contributed by atoms with van der Waals surface area (Å²) in [6, 6.07) is 6.89. The lowest BCUT2D eigenvalue weighted by Gasteiger charge is -2.37. The zero-order valence-electron chi connectivity index (χ0n) is 15.1. The fraction of sp³-hybridized carbons (Fsp3) is 0.579. The van der Waals surface area contributed by atoms with Gasteiger partial charge >= 0.3 is 0 Å². The highest BCUT2D eigenvalue weighted by atomic mass is 16.6. The molecule has 24 heavy (non-hydrogen) atoms. The number of nitro benzene ring substituents is 1. The van der Waals surface area contributed by atoms with E-state index in [1.54, 1.807) is 12.1 Å². The quantitative estimate of drug-likeness (QED) is 0.429. The van der Waals surface area contributed by atoms with Gasteiger partial charge in [0.2, 0.25) is 0 Å². The standard InChI is InChI=1S/C19H29N3O2/c1-16(2)5-4-6-17(3)15-20-11-13-21(14-12-20)18-7-9-19(10-8-18)22(23)24/h5,7-10,17H,4,6,11-15H2,1-3H3/t17-/m1/s1. The first kappa shape index (κ1) is 18.5. The average Bonchev–Trinajstić information content (AvgIpc) is 2.55. The molecule has 1 aromatic carbocycles. The summed E-state index contributed by atoms with van der Waals surface area (Å²) in [5, 5.41) is 10.7. The van der Waals surface area contributed by atoms with Gasteiger partial charge in [0, 0.05) is 50.5 Å². The second-order valence-electron chi connectivity index (χ2n) is 7.03. The summed E-state index contributed by atoms with van der Waals surface area (Å²) in [6.07, 6.45) is 4.74. The summed E-state index contributed by atoms with van der Waals surface area (Å²) >= 11 is 0. The number of nitro groups is 1. The second kappa shape index (κ2) is 8.83. The lowest BCUT2D eigenvalue weighted by molar-refractivity contribution is -0.384. The number of non-ortho nitro benzene ring substituents is 1. The van der Waals surface area contributed by atoms with Gasteiger partial charge in [-0.2, -0.15) is 0 Å². The van der Waals surface area contributed by atoms with Gasteiger partial charge in [0.15, 0.2) is 0 Å². The van der Waals surface area contributed by atoms with Gasteiger partial charge in [0.25, 0.3) is 5.69 Å². The van der Waals surface area contributed by atoms with E-state index in [-0.39, 0.29) is 10.6 Å². The zero-order chi connectivity index (χ0) is 17.5. The first-order chi connectivity index (χ1) is 11.5. The number of benzene rings is 1. The molecule has 1 aromatic rings. The Balaban J connectivity index is 1.76. The maximum atomic E-state index is 10.7. The van der Waals surface area contributed by atoms with Crippen LogP contribution >= 0.6 is 0 Å². The van der Waals surface area contributed by atoms with Gasteiger partial charge in [-0.3, -0.25) is 15.0 Å². The van der Waals surface area contributed by atoms with Crippen molar-refractivity contribution in [1.29, 1.82) is 0 Å². The van der Waals surface area contributed by atoms with Gasteiger partial charge in [-0.05, 0) is 44.7 Å². The largest absolute Gasteiger partial charge is 0.369 e. The van der Waals surface area contributed by atoms with Crippen molar-refractivity contribution in [3.8, 4) is 0 Å². The lowest BCUT2D eigenvalue weighted by atomic mass is 10.0. The predicted molar refractivity (Wildman–Crippen MR) is 99.6 cm³/mol. The molecule has 0 unspecified atom stereocenters. The molecule has 1 aliphatic rings. The fourth-order valence-electron chi connectivity index (χ4n) is 3.16. The molecule has 1 aliphatic heterocycles. The van der Waals surface area contributed by atoms with Crippen molar-refractivity contribution in [3.63, 3.8) is 0 Å². The van der Waals surface area contributed by atoms with E-state index < -0.39 is 0 Å². The Morgan fingerprint density at radius 1 is 1.21 bits per heavy atom. The van der Waals surface area contributed by atoms with Crippen LogP contribution in [0.5, 0.6) is 0 Å². The minimum absolute atomic E-state index is 0.155. The van der Waals surface area contributed by atoms with Gasteiger partial charge in [0.05, 0.1) is 4.92 Å². The van der Waals surface area contributed by atoms with Gasteiger partial charge in [-0.15, -0.1) is 0 Å². The van der Waals surface area contributed by atoms with Crippen LogP contribution in [0.3, 0.4) is 0 Å². The van der Waals surface area contributed by atoms with Crippen LogP contribution in [0.2, 0.25) is 0 Å². The number of hydrogen-bond donors (Lipinski definition) is 0. The van der Waals surface area contributed by atoms with E-state index in [4.69, 9.17) is 0 Å². The van der Waals surface area contributed by atoms with Crippen molar-refractivity contribution in [3.05, 3.63) is 46.0 Å². The van der Waals surface area contributed by atoms with E-state index in [0.717, 1.165) is 38.4 Å². The number of nitrogens with zero attached hydrogens (tertiary/aromatic N) is 3. The summed E-state index contributed by atoms with van der Waals surface area (Å²) < 4.78 is 0. The predicted octanol–water partition coefficient (Wildman–Crippen LogP) is 4.10. The molecular weight excluding hydrogens is 302 g/mol. The third-order valence-electron chi connectivity index (χ3n) is 4.58. The van der Waals surface area contributed by atoms with Crippen molar-refractivity contribution in [2.24, 2.45) is 5.92 Å². The maximum Gasteiger partial charge on any atom is 0.269 e. The van der Waals surface area contributed by atoms with E-state index in [1.807, 2.05) is 12.1 Å². The van der Waals surface area contributed by atoms with Crippen LogP contribution in [0.1, 0.15) is 33.6 Å². The molecule has 0 aromatic heterocycles. The average molecular weight is 331 g/mol. The molecule has 1 atom stereocenters. The van der Waals surface area contributed by atoms with E-state index in [2.05, 4.69) is 36.6 Å². The van der Waals surface area contributed by atoms with E-state index >= 15 is 0 Å². The molecule has 0 saturated carbocycles. The molecule has 132 valence electrons. The molecule has 0 aliphatic carbocycles. The molecule has 5 heteroatoms. The number of allylic oxidation sites excluding steroid dienone is 2. The van der Waals surface area contributed by atoms with Gasteiger partial charge in [-0.1, -0.05) is 18.6 Å². The van der Waals surface area contributed by atoms with Crippen LogP contribution in [-0.2, 0) is 0 Å². The van der Waals surface area contributed by atoms with Crippen molar-refractivity contribution < 1.29 is 4.92 Å². The minimum Gasteiger partial charge on any atom is -0.369 e. The molecule has 2 rings (SSSR count). The number of hydrogen-bond acceptors (Lipinski definition) is 4. The molecule has 1 heterocycles. The highest BCUT2D eigenvalue weighted by molar-refractivity contribution is 5.51. The topological polar surface area (TPSA) is 49.6 Å². The third kappa shape index (κ3) is 5.64. The molecule has 1 saturated heterocycles. The number of rotatable bonds is 7. The second-order valence-corrected chi connectivity index (χ2v) is 7.03. The Bertz CT molecular complexity index is 556. The fourth-order valence-corrected chi connectivity index (χ4v) is 3.16. The zero-order valence-corrected chi connectivity index (χ0v) is 15.1. The SMILES string of the molecule is CC(C)=CCC[C@@H](C)CN1CCN(c2ccc([N+](=O)[O-])cc2)CC1. The van der Waals surface area contributed by atoms with Crippen LogP contribution < -0.4 is 4.90 Å². The first-order valence-electron chi connectivity index (χ1n) is 8.81. The van der Waals surface area contributed by atoms with Crippen molar-refractivity contribution >= 4 is 11.4 Å². The molecule has 0 bridgehead atoms. The van der Waals surface area contributed by atoms with Crippen molar-refractivity contribution in [1.82, 2.24) is 4.90 Å². The van der Waals surface area contributed by atoms with Crippen LogP contribution in [0, 0.1) is 16.0 Å². The maximum absolute atomic E-state index is 10.7. The summed E-state index contributed by atoms with van der Waals surface area (Å²) in [4.78, 5) is 15.2. The summed E-state index contributed by atoms with van der Waals surface area (Å²) in [7, 11) is 0. The third-order valence-corrected chi connectivity index (χ3v) is 4.58. The highest BCUT2D eigenvalue weighted by Gasteiger charge is 2.19. The van der Waals surface area contributed by atoms with Crippen LogP contribution in [0.25, 0.3) is 0 Å².